The third kappa shape index (κ3) is 3.64. The quantitative estimate of drug-likeness (QED) is 0.464. The molecule has 2 nitrogen and oxygen atoms in total. The van der Waals surface area contributed by atoms with E-state index < -0.39 is 10.8 Å². The van der Waals surface area contributed by atoms with Crippen molar-refractivity contribution in [2.24, 2.45) is 0 Å². The van der Waals surface area contributed by atoms with E-state index in [0.717, 1.165) is 0 Å². The maximum absolute atomic E-state index is 9.93. The maximum atomic E-state index is 9.93. The fraction of sp³-hybridized carbons (Fsp3) is 0.667. The van der Waals surface area contributed by atoms with Crippen LogP contribution in [-0.4, -0.2) is 16.2 Å². The molecule has 0 heterocycles. The van der Waals surface area contributed by atoms with E-state index in [4.69, 9.17) is 5.26 Å². The Bertz CT molecular complexity index is 93.5. The van der Waals surface area contributed by atoms with Gasteiger partial charge in [-0.1, -0.05) is 0 Å². The van der Waals surface area contributed by atoms with Gasteiger partial charge in [-0.3, -0.25) is 4.21 Å². The lowest BCUT2D eigenvalue weighted by Gasteiger charge is -1.72. The second-order valence-corrected chi connectivity index (χ2v) is 2.31. The van der Waals surface area contributed by atoms with Crippen LogP contribution in [0.25, 0.3) is 0 Å². The lowest BCUT2D eigenvalue weighted by Crippen LogP contribution is -1.86. The molecule has 0 radical (unpaired) electrons. The fourth-order valence-corrected chi connectivity index (χ4v) is 0.273. The standard InChI is InChI=1S/C3H5NOS/c1-6(5)3-2-4/h3H2,1H3. The Morgan fingerprint density at radius 3 is 2.50 bits per heavy atom. The summed E-state index contributed by atoms with van der Waals surface area (Å²) in [5, 5.41) is 7.79. The molecule has 1 atom stereocenters. The zero-order chi connectivity index (χ0) is 4.99. The largest absolute Gasteiger partial charge is 0.259 e. The van der Waals surface area contributed by atoms with Gasteiger partial charge in [-0.15, -0.1) is 0 Å². The van der Waals surface area contributed by atoms with E-state index in [1.54, 1.807) is 6.07 Å². The third-order valence-electron chi connectivity index (χ3n) is 0.268. The normalized spacial score (nSPS) is 12.7. The van der Waals surface area contributed by atoms with E-state index in [-0.39, 0.29) is 5.75 Å². The second-order valence-electron chi connectivity index (χ2n) is 0.876. The van der Waals surface area contributed by atoms with Crippen molar-refractivity contribution < 1.29 is 4.21 Å². The zero-order valence-electron chi connectivity index (χ0n) is 3.47. The van der Waals surface area contributed by atoms with Crippen LogP contribution >= 0.6 is 0 Å². The molecule has 0 aliphatic heterocycles. The van der Waals surface area contributed by atoms with Crippen molar-refractivity contribution in [3.05, 3.63) is 0 Å². The maximum Gasteiger partial charge on any atom is 0.110 e. The molecule has 0 bridgehead atoms. The van der Waals surface area contributed by atoms with Gasteiger partial charge in [-0.25, -0.2) is 0 Å². The Morgan fingerprint density at radius 1 is 2.00 bits per heavy atom. The molecule has 0 aliphatic rings. The molecule has 0 spiro atoms. The molecule has 0 aliphatic carbocycles. The fourth-order valence-electron chi connectivity index (χ4n) is 0.0909. The number of hydrogen-bond donors (Lipinski definition) is 0. The van der Waals surface area contributed by atoms with Crippen LogP contribution in [0.1, 0.15) is 0 Å². The summed E-state index contributed by atoms with van der Waals surface area (Å²) in [4.78, 5) is 0. The highest BCUT2D eigenvalue weighted by Gasteiger charge is 1.80. The van der Waals surface area contributed by atoms with Crippen molar-refractivity contribution in [2.75, 3.05) is 12.0 Å². The monoisotopic (exact) mass is 103 g/mol. The van der Waals surface area contributed by atoms with Crippen LogP contribution in [0.5, 0.6) is 0 Å². The predicted molar refractivity (Wildman–Crippen MR) is 24.5 cm³/mol. The minimum atomic E-state index is -0.927. The number of nitrogens with zero attached hydrogens (tertiary/aromatic N) is 1. The van der Waals surface area contributed by atoms with Gasteiger partial charge in [-0.2, -0.15) is 5.26 Å². The number of nitriles is 1. The molecular weight excluding hydrogens is 98.1 g/mol. The first-order chi connectivity index (χ1) is 2.77. The summed E-state index contributed by atoms with van der Waals surface area (Å²) in [6, 6.07) is 1.77. The van der Waals surface area contributed by atoms with Crippen LogP contribution in [0, 0.1) is 11.3 Å². The molecule has 3 heteroatoms. The molecule has 0 N–H and O–H groups in total. The van der Waals surface area contributed by atoms with Crippen molar-refractivity contribution in [2.45, 2.75) is 0 Å². The van der Waals surface area contributed by atoms with Crippen molar-refractivity contribution >= 4 is 10.8 Å². The summed E-state index contributed by atoms with van der Waals surface area (Å²) in [5.74, 6) is 0.153. The highest BCUT2D eigenvalue weighted by molar-refractivity contribution is 7.84. The topological polar surface area (TPSA) is 40.9 Å². The molecule has 0 rings (SSSR count). The minimum absolute atomic E-state index is 0.153. The summed E-state index contributed by atoms with van der Waals surface area (Å²) in [5.41, 5.74) is 0. The van der Waals surface area contributed by atoms with E-state index >= 15 is 0 Å². The Balaban J connectivity index is 3.13. The SMILES string of the molecule is CS(=O)CC#N. The third-order valence-corrected chi connectivity index (χ3v) is 0.803. The average molecular weight is 103 g/mol. The van der Waals surface area contributed by atoms with Crippen LogP contribution in [0.2, 0.25) is 0 Å². The molecule has 34 valence electrons. The Labute approximate surface area is 39.2 Å². The zero-order valence-corrected chi connectivity index (χ0v) is 4.29. The van der Waals surface area contributed by atoms with Crippen LogP contribution in [-0.2, 0) is 10.8 Å². The molecular formula is C3H5NOS. The minimum Gasteiger partial charge on any atom is -0.259 e. The van der Waals surface area contributed by atoms with Crippen molar-refractivity contribution in [3.63, 3.8) is 0 Å². The first-order valence-electron chi connectivity index (χ1n) is 1.44. The molecule has 0 saturated carbocycles. The van der Waals surface area contributed by atoms with Crippen molar-refractivity contribution in [3.8, 4) is 6.07 Å². The lowest BCUT2D eigenvalue weighted by atomic mass is 10.9. The molecule has 0 fully saturated rings. The summed E-state index contributed by atoms with van der Waals surface area (Å²) in [6.45, 7) is 0. The first-order valence-corrected chi connectivity index (χ1v) is 3.17. The van der Waals surface area contributed by atoms with Crippen LogP contribution in [0.4, 0.5) is 0 Å². The van der Waals surface area contributed by atoms with Crippen LogP contribution < -0.4 is 0 Å². The van der Waals surface area contributed by atoms with Gasteiger partial charge in [-0.05, 0) is 0 Å². The Morgan fingerprint density at radius 2 is 2.50 bits per heavy atom. The van der Waals surface area contributed by atoms with Gasteiger partial charge < -0.3 is 0 Å². The lowest BCUT2D eigenvalue weighted by molar-refractivity contribution is 0.689. The summed E-state index contributed by atoms with van der Waals surface area (Å²) < 4.78 is 9.93. The Kier molecular flexibility index (Phi) is 2.68. The van der Waals surface area contributed by atoms with Gasteiger partial charge >= 0.3 is 0 Å². The Hall–Kier alpha value is -0.360. The molecule has 0 aromatic rings. The van der Waals surface area contributed by atoms with Crippen LogP contribution in [0.15, 0.2) is 0 Å². The van der Waals surface area contributed by atoms with E-state index in [1.807, 2.05) is 0 Å². The van der Waals surface area contributed by atoms with Gasteiger partial charge in [0.1, 0.15) is 5.75 Å². The van der Waals surface area contributed by atoms with E-state index in [1.165, 1.54) is 6.26 Å². The molecule has 0 saturated heterocycles. The average Bonchev–Trinajstić information content (AvgIpc) is 1.35. The van der Waals surface area contributed by atoms with Gasteiger partial charge in [0.25, 0.3) is 0 Å². The van der Waals surface area contributed by atoms with Gasteiger partial charge in [0.15, 0.2) is 0 Å². The molecule has 0 aromatic carbocycles. The van der Waals surface area contributed by atoms with E-state index in [0.29, 0.717) is 0 Å². The summed E-state index contributed by atoms with van der Waals surface area (Å²) >= 11 is 0. The van der Waals surface area contributed by atoms with Crippen molar-refractivity contribution in [1.29, 1.82) is 5.26 Å². The first kappa shape index (κ1) is 5.64. The molecule has 0 aromatic heterocycles. The highest BCUT2D eigenvalue weighted by atomic mass is 32.2. The second kappa shape index (κ2) is 2.86. The van der Waals surface area contributed by atoms with Crippen molar-refractivity contribution in [1.82, 2.24) is 0 Å². The molecule has 1 unspecified atom stereocenters. The van der Waals surface area contributed by atoms with E-state index in [9.17, 15) is 4.21 Å². The molecule has 6 heavy (non-hydrogen) atoms. The summed E-state index contributed by atoms with van der Waals surface area (Å²) in [7, 11) is -0.927. The van der Waals surface area contributed by atoms with Crippen LogP contribution in [0.3, 0.4) is 0 Å². The molecule has 0 amide bonds. The smallest absolute Gasteiger partial charge is 0.110 e. The van der Waals surface area contributed by atoms with Gasteiger partial charge in [0, 0.05) is 17.1 Å². The predicted octanol–water partition coefficient (Wildman–Crippen LogP) is -0.112. The number of rotatable bonds is 1. The number of hydrogen-bond acceptors (Lipinski definition) is 2. The van der Waals surface area contributed by atoms with E-state index in [2.05, 4.69) is 0 Å². The summed E-state index contributed by atoms with van der Waals surface area (Å²) in [6.07, 6.45) is 1.50. The van der Waals surface area contributed by atoms with Gasteiger partial charge in [0.2, 0.25) is 0 Å². The van der Waals surface area contributed by atoms with Gasteiger partial charge in [0.05, 0.1) is 6.07 Å². The highest BCUT2D eigenvalue weighted by Crippen LogP contribution is 1.65.